The van der Waals surface area contributed by atoms with Crippen molar-refractivity contribution < 1.29 is 19.1 Å². The highest BCUT2D eigenvalue weighted by atomic mass is 16.5. The second-order valence-electron chi connectivity index (χ2n) is 4.78. The lowest BCUT2D eigenvalue weighted by molar-refractivity contribution is -0.145. The molecule has 0 aliphatic carbocycles. The number of amides is 1. The van der Waals surface area contributed by atoms with Gasteiger partial charge in [0.25, 0.3) is 0 Å². The number of methoxy groups -OCH3 is 1. The zero-order chi connectivity index (χ0) is 15.7. The summed E-state index contributed by atoms with van der Waals surface area (Å²) in [5, 5.41) is 2.59. The summed E-state index contributed by atoms with van der Waals surface area (Å²) < 4.78 is 9.97. The van der Waals surface area contributed by atoms with Crippen LogP contribution < -0.4 is 5.32 Å². The van der Waals surface area contributed by atoms with Gasteiger partial charge >= 0.3 is 5.97 Å². The summed E-state index contributed by atoms with van der Waals surface area (Å²) in [5.41, 5.74) is 1.77. The van der Waals surface area contributed by atoms with E-state index in [0.29, 0.717) is 13.0 Å². The largest absolute Gasteiger partial charge is 0.467 e. The fourth-order valence-corrected chi connectivity index (χ4v) is 1.76. The van der Waals surface area contributed by atoms with Gasteiger partial charge in [0.15, 0.2) is 0 Å². The topological polar surface area (TPSA) is 64.6 Å². The summed E-state index contributed by atoms with van der Waals surface area (Å²) >= 11 is 0. The predicted molar refractivity (Wildman–Crippen MR) is 79.5 cm³/mol. The fourth-order valence-electron chi connectivity index (χ4n) is 1.76. The van der Waals surface area contributed by atoms with Gasteiger partial charge in [-0.15, -0.1) is 6.58 Å². The van der Waals surface area contributed by atoms with Crippen LogP contribution in [0.2, 0.25) is 0 Å². The zero-order valence-electron chi connectivity index (χ0n) is 12.4. The van der Waals surface area contributed by atoms with E-state index in [9.17, 15) is 9.59 Å². The van der Waals surface area contributed by atoms with Crippen LogP contribution in [0, 0.1) is 0 Å². The van der Waals surface area contributed by atoms with Crippen molar-refractivity contribution in [2.24, 2.45) is 0 Å². The lowest BCUT2D eigenvalue weighted by Crippen LogP contribution is -2.43. The van der Waals surface area contributed by atoms with E-state index in [0.717, 1.165) is 11.1 Å². The first kappa shape index (κ1) is 16.9. The van der Waals surface area contributed by atoms with Gasteiger partial charge in [-0.05, 0) is 18.9 Å². The number of hydrogen-bond donors (Lipinski definition) is 1. The van der Waals surface area contributed by atoms with E-state index in [1.54, 1.807) is 6.92 Å². The van der Waals surface area contributed by atoms with Crippen LogP contribution >= 0.6 is 0 Å². The van der Waals surface area contributed by atoms with Crippen molar-refractivity contribution in [3.8, 4) is 0 Å². The molecular formula is C16H21NO4. The Bertz CT molecular complexity index is 484. The number of esters is 1. The van der Waals surface area contributed by atoms with Crippen LogP contribution in [0.15, 0.2) is 42.5 Å². The molecule has 0 radical (unpaired) electrons. The van der Waals surface area contributed by atoms with Crippen LogP contribution in [-0.4, -0.2) is 31.6 Å². The first-order chi connectivity index (χ1) is 10.0. The van der Waals surface area contributed by atoms with Crippen LogP contribution in [0.4, 0.5) is 0 Å². The van der Waals surface area contributed by atoms with Crippen LogP contribution in [0.1, 0.15) is 18.9 Å². The van der Waals surface area contributed by atoms with Gasteiger partial charge in [-0.25, -0.2) is 4.79 Å². The first-order valence-corrected chi connectivity index (χ1v) is 6.66. The summed E-state index contributed by atoms with van der Waals surface area (Å²) in [5.74, 6) is -0.850. The van der Waals surface area contributed by atoms with Crippen molar-refractivity contribution in [3.05, 3.63) is 48.0 Å². The van der Waals surface area contributed by atoms with E-state index >= 15 is 0 Å². The molecule has 5 nitrogen and oxygen atoms in total. The van der Waals surface area contributed by atoms with Gasteiger partial charge in [-0.1, -0.05) is 35.9 Å². The molecule has 0 heterocycles. The minimum Gasteiger partial charge on any atom is -0.467 e. The molecule has 0 aromatic heterocycles. The van der Waals surface area contributed by atoms with E-state index in [-0.39, 0.29) is 12.5 Å². The van der Waals surface area contributed by atoms with Crippen molar-refractivity contribution in [1.29, 1.82) is 0 Å². The standard InChI is InChI=1S/C16H21NO4/c1-12(2)9-14(16(19)20-3)17-15(18)11-21-10-13-7-5-4-6-8-13/h4-8,14H,1,9-11H2,2-3H3,(H,17,18)/t14-/m0/s1. The average Bonchev–Trinajstić information content (AvgIpc) is 2.46. The third-order valence-corrected chi connectivity index (χ3v) is 2.72. The summed E-state index contributed by atoms with van der Waals surface area (Å²) in [7, 11) is 1.28. The van der Waals surface area contributed by atoms with Gasteiger partial charge < -0.3 is 14.8 Å². The number of carbonyl (C=O) groups is 2. The van der Waals surface area contributed by atoms with E-state index in [2.05, 4.69) is 16.6 Å². The molecule has 0 aliphatic heterocycles. The molecule has 5 heteroatoms. The van der Waals surface area contributed by atoms with Gasteiger partial charge in [0.2, 0.25) is 5.91 Å². The van der Waals surface area contributed by atoms with Gasteiger partial charge in [0, 0.05) is 0 Å². The first-order valence-electron chi connectivity index (χ1n) is 6.66. The molecule has 0 spiro atoms. The Balaban J connectivity index is 2.39. The van der Waals surface area contributed by atoms with Crippen molar-refractivity contribution >= 4 is 11.9 Å². The molecular weight excluding hydrogens is 270 g/mol. The summed E-state index contributed by atoms with van der Waals surface area (Å²) in [6, 6.07) is 8.82. The number of hydrogen-bond acceptors (Lipinski definition) is 4. The monoisotopic (exact) mass is 291 g/mol. The smallest absolute Gasteiger partial charge is 0.328 e. The highest BCUT2D eigenvalue weighted by Gasteiger charge is 2.21. The third kappa shape index (κ3) is 6.72. The Morgan fingerprint density at radius 1 is 1.29 bits per heavy atom. The Hall–Kier alpha value is -2.14. The number of rotatable bonds is 8. The van der Waals surface area contributed by atoms with E-state index < -0.39 is 12.0 Å². The molecule has 1 N–H and O–H groups in total. The van der Waals surface area contributed by atoms with Crippen molar-refractivity contribution in [2.75, 3.05) is 13.7 Å². The molecule has 1 aromatic rings. The van der Waals surface area contributed by atoms with Crippen molar-refractivity contribution in [3.63, 3.8) is 0 Å². The fraction of sp³-hybridized carbons (Fsp3) is 0.375. The minimum atomic E-state index is -0.722. The van der Waals surface area contributed by atoms with Crippen LogP contribution in [-0.2, 0) is 25.7 Å². The highest BCUT2D eigenvalue weighted by molar-refractivity contribution is 5.85. The molecule has 1 atom stereocenters. The Labute approximate surface area is 124 Å². The maximum atomic E-state index is 11.8. The van der Waals surface area contributed by atoms with Crippen molar-refractivity contribution in [1.82, 2.24) is 5.32 Å². The average molecular weight is 291 g/mol. The molecule has 0 unspecified atom stereocenters. The molecule has 0 saturated carbocycles. The number of nitrogens with one attached hydrogen (secondary N) is 1. The molecule has 0 saturated heterocycles. The number of carbonyl (C=O) groups excluding carboxylic acids is 2. The van der Waals surface area contributed by atoms with E-state index in [1.807, 2.05) is 30.3 Å². The van der Waals surface area contributed by atoms with Crippen LogP contribution in [0.25, 0.3) is 0 Å². The Morgan fingerprint density at radius 3 is 2.52 bits per heavy atom. The molecule has 1 aromatic carbocycles. The van der Waals surface area contributed by atoms with Gasteiger partial charge in [-0.2, -0.15) is 0 Å². The number of ether oxygens (including phenoxy) is 2. The molecule has 114 valence electrons. The number of benzene rings is 1. The van der Waals surface area contributed by atoms with Gasteiger partial charge in [-0.3, -0.25) is 4.79 Å². The molecule has 1 rings (SSSR count). The lowest BCUT2D eigenvalue weighted by Gasteiger charge is -2.16. The zero-order valence-corrected chi connectivity index (χ0v) is 12.4. The second-order valence-corrected chi connectivity index (χ2v) is 4.78. The Morgan fingerprint density at radius 2 is 1.95 bits per heavy atom. The SMILES string of the molecule is C=C(C)C[C@H](NC(=O)COCc1ccccc1)C(=O)OC. The van der Waals surface area contributed by atoms with Gasteiger partial charge in [0.1, 0.15) is 12.6 Å². The predicted octanol–water partition coefficient (Wildman–Crippen LogP) is 1.83. The van der Waals surface area contributed by atoms with Crippen molar-refractivity contribution in [2.45, 2.75) is 26.0 Å². The van der Waals surface area contributed by atoms with Crippen LogP contribution in [0.3, 0.4) is 0 Å². The molecule has 0 bridgehead atoms. The maximum absolute atomic E-state index is 11.8. The summed E-state index contributed by atoms with van der Waals surface area (Å²) in [4.78, 5) is 23.3. The molecule has 21 heavy (non-hydrogen) atoms. The normalized spacial score (nSPS) is 11.5. The van der Waals surface area contributed by atoms with Crippen LogP contribution in [0.5, 0.6) is 0 Å². The Kier molecular flexibility index (Phi) is 7.18. The highest BCUT2D eigenvalue weighted by Crippen LogP contribution is 2.04. The van der Waals surface area contributed by atoms with E-state index in [4.69, 9.17) is 4.74 Å². The third-order valence-electron chi connectivity index (χ3n) is 2.72. The quantitative estimate of drug-likeness (QED) is 0.586. The molecule has 0 fully saturated rings. The molecule has 1 amide bonds. The van der Waals surface area contributed by atoms with E-state index in [1.165, 1.54) is 7.11 Å². The summed E-state index contributed by atoms with van der Waals surface area (Å²) in [6.45, 7) is 5.75. The summed E-state index contributed by atoms with van der Waals surface area (Å²) in [6.07, 6.45) is 0.344. The minimum absolute atomic E-state index is 0.113. The maximum Gasteiger partial charge on any atom is 0.328 e. The molecule has 0 aliphatic rings. The second kappa shape index (κ2) is 8.92. The lowest BCUT2D eigenvalue weighted by atomic mass is 10.1. The van der Waals surface area contributed by atoms with Gasteiger partial charge in [0.05, 0.1) is 13.7 Å².